The Hall–Kier alpha value is -0.890. The van der Waals surface area contributed by atoms with Gasteiger partial charge in [0.25, 0.3) is 5.69 Å². The Labute approximate surface area is 126 Å². The van der Waals surface area contributed by atoms with Crippen molar-refractivity contribution in [1.82, 2.24) is 4.90 Å². The lowest BCUT2D eigenvalue weighted by Crippen LogP contribution is -2.41. The summed E-state index contributed by atoms with van der Waals surface area (Å²) < 4.78 is 0.903. The van der Waals surface area contributed by atoms with E-state index in [1.54, 1.807) is 12.1 Å². The van der Waals surface area contributed by atoms with Crippen LogP contribution >= 0.6 is 22.6 Å². The summed E-state index contributed by atoms with van der Waals surface area (Å²) in [4.78, 5) is 12.8. The molecule has 1 fully saturated rings. The quantitative estimate of drug-likeness (QED) is 0.499. The van der Waals surface area contributed by atoms with Crippen LogP contribution in [0.1, 0.15) is 19.8 Å². The number of non-ortho nitro benzene ring substituents is 1. The Kier molecular flexibility index (Phi) is 4.98. The number of hydrogen-bond donors (Lipinski definition) is 1. The molecule has 1 unspecified atom stereocenters. The predicted molar refractivity (Wildman–Crippen MR) is 84.6 cm³/mol. The number of piperidine rings is 1. The van der Waals surface area contributed by atoms with Gasteiger partial charge in [0, 0.05) is 34.0 Å². The second-order valence-corrected chi connectivity index (χ2v) is 5.96. The summed E-state index contributed by atoms with van der Waals surface area (Å²) in [5, 5.41) is 14.2. The molecular weight excluding hydrogens is 357 g/mol. The Bertz CT molecular complexity index is 467. The van der Waals surface area contributed by atoms with Crippen LogP contribution in [0.5, 0.6) is 0 Å². The molecule has 1 aromatic carbocycles. The van der Waals surface area contributed by atoms with Crippen molar-refractivity contribution >= 4 is 34.0 Å². The summed E-state index contributed by atoms with van der Waals surface area (Å²) in [5.41, 5.74) is 1.14. The normalized spacial score (nSPS) is 20.2. The SMILES string of the molecule is CCN1CCCC(Nc2ccc([N+](=O)[O-])cc2I)C1. The van der Waals surface area contributed by atoms with E-state index in [0.717, 1.165) is 28.8 Å². The van der Waals surface area contributed by atoms with Gasteiger partial charge in [0.2, 0.25) is 0 Å². The molecule has 6 heteroatoms. The van der Waals surface area contributed by atoms with E-state index in [1.807, 2.05) is 6.07 Å². The van der Waals surface area contributed by atoms with Crippen LogP contribution in [0.25, 0.3) is 0 Å². The summed E-state index contributed by atoms with van der Waals surface area (Å²) in [5.74, 6) is 0. The molecule has 0 saturated carbocycles. The number of nitro groups is 1. The summed E-state index contributed by atoms with van der Waals surface area (Å²) in [6.45, 7) is 5.48. The number of benzene rings is 1. The lowest BCUT2D eigenvalue weighted by Gasteiger charge is -2.33. The van der Waals surface area contributed by atoms with E-state index in [9.17, 15) is 10.1 Å². The van der Waals surface area contributed by atoms with Crippen molar-refractivity contribution in [3.63, 3.8) is 0 Å². The van der Waals surface area contributed by atoms with Gasteiger partial charge in [-0.15, -0.1) is 0 Å². The smallest absolute Gasteiger partial charge is 0.270 e. The molecule has 2 rings (SSSR count). The minimum atomic E-state index is -0.356. The highest BCUT2D eigenvalue weighted by molar-refractivity contribution is 14.1. The van der Waals surface area contributed by atoms with Crippen molar-refractivity contribution in [3.05, 3.63) is 31.9 Å². The topological polar surface area (TPSA) is 58.4 Å². The van der Waals surface area contributed by atoms with Crippen LogP contribution in [0.2, 0.25) is 0 Å². The van der Waals surface area contributed by atoms with Gasteiger partial charge in [0.15, 0.2) is 0 Å². The number of nitrogens with zero attached hydrogens (tertiary/aromatic N) is 2. The van der Waals surface area contributed by atoms with Crippen LogP contribution < -0.4 is 5.32 Å². The first-order valence-electron chi connectivity index (χ1n) is 6.53. The predicted octanol–water partition coefficient (Wildman–Crippen LogP) is 3.10. The van der Waals surface area contributed by atoms with Crippen LogP contribution in [0.3, 0.4) is 0 Å². The van der Waals surface area contributed by atoms with Crippen LogP contribution in [0.15, 0.2) is 18.2 Å². The minimum absolute atomic E-state index is 0.147. The number of likely N-dealkylation sites (N-methyl/N-ethyl adjacent to an activating group) is 1. The van der Waals surface area contributed by atoms with E-state index in [-0.39, 0.29) is 10.6 Å². The Morgan fingerprint density at radius 3 is 3.00 bits per heavy atom. The van der Waals surface area contributed by atoms with E-state index in [0.29, 0.717) is 6.04 Å². The molecule has 1 heterocycles. The maximum atomic E-state index is 10.7. The van der Waals surface area contributed by atoms with Gasteiger partial charge < -0.3 is 10.2 Å². The first-order valence-corrected chi connectivity index (χ1v) is 7.61. The maximum absolute atomic E-state index is 10.7. The van der Waals surface area contributed by atoms with E-state index < -0.39 is 0 Å². The zero-order valence-electron chi connectivity index (χ0n) is 10.9. The van der Waals surface area contributed by atoms with Gasteiger partial charge in [-0.2, -0.15) is 0 Å². The van der Waals surface area contributed by atoms with Crippen LogP contribution in [0, 0.1) is 13.7 Å². The average Bonchev–Trinajstić information content (AvgIpc) is 2.41. The lowest BCUT2D eigenvalue weighted by molar-refractivity contribution is -0.384. The Morgan fingerprint density at radius 1 is 1.58 bits per heavy atom. The van der Waals surface area contributed by atoms with Crippen molar-refractivity contribution in [2.45, 2.75) is 25.8 Å². The van der Waals surface area contributed by atoms with Crippen molar-refractivity contribution in [2.24, 2.45) is 0 Å². The highest BCUT2D eigenvalue weighted by atomic mass is 127. The number of nitro benzene ring substituents is 1. The number of nitrogens with one attached hydrogen (secondary N) is 1. The van der Waals surface area contributed by atoms with E-state index in [1.165, 1.54) is 13.0 Å². The molecule has 1 aromatic rings. The van der Waals surface area contributed by atoms with Crippen molar-refractivity contribution in [1.29, 1.82) is 0 Å². The zero-order valence-corrected chi connectivity index (χ0v) is 13.1. The third-order valence-corrected chi connectivity index (χ3v) is 4.37. The first kappa shape index (κ1) is 14.5. The average molecular weight is 375 g/mol. The molecule has 5 nitrogen and oxygen atoms in total. The monoisotopic (exact) mass is 375 g/mol. The fourth-order valence-electron chi connectivity index (χ4n) is 2.42. The van der Waals surface area contributed by atoms with Gasteiger partial charge in [0.1, 0.15) is 0 Å². The number of halogens is 1. The molecule has 104 valence electrons. The lowest BCUT2D eigenvalue weighted by atomic mass is 10.1. The number of hydrogen-bond acceptors (Lipinski definition) is 4. The fourth-order valence-corrected chi connectivity index (χ4v) is 3.07. The van der Waals surface area contributed by atoms with Gasteiger partial charge in [-0.1, -0.05) is 6.92 Å². The van der Waals surface area contributed by atoms with Gasteiger partial charge in [-0.3, -0.25) is 10.1 Å². The van der Waals surface area contributed by atoms with Crippen molar-refractivity contribution in [3.8, 4) is 0 Å². The van der Waals surface area contributed by atoms with E-state index in [4.69, 9.17) is 0 Å². The second kappa shape index (κ2) is 6.51. The Balaban J connectivity index is 2.04. The summed E-state index contributed by atoms with van der Waals surface area (Å²) in [6.07, 6.45) is 2.36. The second-order valence-electron chi connectivity index (χ2n) is 4.80. The number of rotatable bonds is 4. The van der Waals surface area contributed by atoms with Gasteiger partial charge >= 0.3 is 0 Å². The fraction of sp³-hybridized carbons (Fsp3) is 0.538. The van der Waals surface area contributed by atoms with Gasteiger partial charge in [-0.05, 0) is 54.6 Å². The third-order valence-electron chi connectivity index (χ3n) is 3.48. The largest absolute Gasteiger partial charge is 0.380 e. The molecule has 0 bridgehead atoms. The molecule has 1 atom stereocenters. The third kappa shape index (κ3) is 3.79. The van der Waals surface area contributed by atoms with Gasteiger partial charge in [-0.25, -0.2) is 0 Å². The number of likely N-dealkylation sites (tertiary alicyclic amines) is 1. The van der Waals surface area contributed by atoms with Crippen molar-refractivity contribution in [2.75, 3.05) is 25.0 Å². The number of anilines is 1. The molecule has 0 amide bonds. The molecule has 1 saturated heterocycles. The Morgan fingerprint density at radius 2 is 2.37 bits per heavy atom. The molecule has 19 heavy (non-hydrogen) atoms. The highest BCUT2D eigenvalue weighted by Crippen LogP contribution is 2.25. The summed E-state index contributed by atoms with van der Waals surface area (Å²) >= 11 is 2.15. The summed E-state index contributed by atoms with van der Waals surface area (Å²) in [6, 6.07) is 5.42. The van der Waals surface area contributed by atoms with Crippen LogP contribution in [-0.4, -0.2) is 35.5 Å². The van der Waals surface area contributed by atoms with E-state index >= 15 is 0 Å². The molecular formula is C13H18IN3O2. The first-order chi connectivity index (χ1) is 9.10. The standard InChI is InChI=1S/C13H18IN3O2/c1-2-16-7-3-4-10(9-16)15-13-6-5-11(17(18)19)8-12(13)14/h5-6,8,10,15H,2-4,7,9H2,1H3. The molecule has 1 aliphatic heterocycles. The molecule has 0 aromatic heterocycles. The molecule has 0 spiro atoms. The minimum Gasteiger partial charge on any atom is -0.380 e. The zero-order chi connectivity index (χ0) is 13.8. The van der Waals surface area contributed by atoms with Crippen LogP contribution in [0.4, 0.5) is 11.4 Å². The maximum Gasteiger partial charge on any atom is 0.270 e. The molecule has 1 aliphatic rings. The van der Waals surface area contributed by atoms with Gasteiger partial charge in [0.05, 0.1) is 4.92 Å². The molecule has 0 radical (unpaired) electrons. The summed E-state index contributed by atoms with van der Waals surface area (Å²) in [7, 11) is 0. The van der Waals surface area contributed by atoms with E-state index in [2.05, 4.69) is 39.7 Å². The highest BCUT2D eigenvalue weighted by Gasteiger charge is 2.19. The molecule has 0 aliphatic carbocycles. The molecule has 1 N–H and O–H groups in total. The van der Waals surface area contributed by atoms with Crippen molar-refractivity contribution < 1.29 is 4.92 Å². The van der Waals surface area contributed by atoms with Crippen LogP contribution in [-0.2, 0) is 0 Å².